The Bertz CT molecular complexity index is 405. The van der Waals surface area contributed by atoms with Gasteiger partial charge in [0.2, 0.25) is 0 Å². The van der Waals surface area contributed by atoms with Crippen molar-refractivity contribution < 1.29 is 4.74 Å². The zero-order chi connectivity index (χ0) is 12.8. The Morgan fingerprint density at radius 1 is 1.39 bits per heavy atom. The van der Waals surface area contributed by atoms with Gasteiger partial charge in [-0.3, -0.25) is 4.90 Å². The molecular weight excluding hydrogens is 224 g/mol. The maximum absolute atomic E-state index is 8.77. The van der Waals surface area contributed by atoms with Crippen LogP contribution in [0.3, 0.4) is 0 Å². The highest BCUT2D eigenvalue weighted by atomic mass is 16.5. The van der Waals surface area contributed by atoms with E-state index in [-0.39, 0.29) is 0 Å². The molecule has 0 N–H and O–H groups in total. The first-order valence-electron chi connectivity index (χ1n) is 6.52. The lowest BCUT2D eigenvalue weighted by atomic mass is 9.98. The summed E-state index contributed by atoms with van der Waals surface area (Å²) >= 11 is 0. The van der Waals surface area contributed by atoms with Gasteiger partial charge in [-0.25, -0.2) is 0 Å². The van der Waals surface area contributed by atoms with E-state index < -0.39 is 0 Å². The average molecular weight is 244 g/mol. The summed E-state index contributed by atoms with van der Waals surface area (Å²) in [4.78, 5) is 2.48. The molecule has 1 atom stereocenters. The molecule has 1 aliphatic rings. The van der Waals surface area contributed by atoms with Crippen LogP contribution < -0.4 is 0 Å². The van der Waals surface area contributed by atoms with Crippen LogP contribution in [-0.4, -0.2) is 31.7 Å². The predicted molar refractivity (Wildman–Crippen MR) is 71.0 cm³/mol. The fourth-order valence-corrected chi connectivity index (χ4v) is 2.61. The highest BCUT2D eigenvalue weighted by Crippen LogP contribution is 2.18. The molecule has 1 saturated heterocycles. The molecule has 0 aliphatic carbocycles. The minimum atomic E-state index is 0.669. The fourth-order valence-electron chi connectivity index (χ4n) is 2.61. The molecule has 0 radical (unpaired) electrons. The zero-order valence-electron chi connectivity index (χ0n) is 10.9. The maximum Gasteiger partial charge on any atom is 0.0991 e. The number of ether oxygens (including phenoxy) is 1. The molecule has 0 aromatic heterocycles. The van der Waals surface area contributed by atoms with Crippen LogP contribution in [0.25, 0.3) is 0 Å². The van der Waals surface area contributed by atoms with E-state index >= 15 is 0 Å². The SMILES string of the molecule is COCC1CCCN(Cc2ccc(C#N)cc2)C1. The van der Waals surface area contributed by atoms with E-state index in [2.05, 4.69) is 23.1 Å². The topological polar surface area (TPSA) is 36.3 Å². The second-order valence-electron chi connectivity index (χ2n) is 5.01. The van der Waals surface area contributed by atoms with Crippen molar-refractivity contribution >= 4 is 0 Å². The maximum atomic E-state index is 8.77. The molecule has 1 aliphatic heterocycles. The van der Waals surface area contributed by atoms with Gasteiger partial charge in [0.25, 0.3) is 0 Å². The van der Waals surface area contributed by atoms with E-state index in [0.29, 0.717) is 5.92 Å². The summed E-state index contributed by atoms with van der Waals surface area (Å²) < 4.78 is 5.25. The molecule has 1 aromatic rings. The number of piperidine rings is 1. The van der Waals surface area contributed by atoms with Gasteiger partial charge in [-0.15, -0.1) is 0 Å². The summed E-state index contributed by atoms with van der Waals surface area (Å²) in [5.41, 5.74) is 2.02. The third-order valence-corrected chi connectivity index (χ3v) is 3.49. The Hall–Kier alpha value is -1.37. The molecule has 0 spiro atoms. The number of benzene rings is 1. The molecule has 0 saturated carbocycles. The number of hydrogen-bond donors (Lipinski definition) is 0. The van der Waals surface area contributed by atoms with Crippen molar-refractivity contribution in [2.45, 2.75) is 19.4 Å². The molecule has 1 heterocycles. The largest absolute Gasteiger partial charge is 0.384 e. The van der Waals surface area contributed by atoms with Gasteiger partial charge >= 0.3 is 0 Å². The van der Waals surface area contributed by atoms with Crippen LogP contribution in [-0.2, 0) is 11.3 Å². The number of nitrogens with zero attached hydrogens (tertiary/aromatic N) is 2. The van der Waals surface area contributed by atoms with Crippen molar-refractivity contribution in [2.24, 2.45) is 5.92 Å². The summed E-state index contributed by atoms with van der Waals surface area (Å²) in [7, 11) is 1.78. The number of hydrogen-bond acceptors (Lipinski definition) is 3. The van der Waals surface area contributed by atoms with Crippen molar-refractivity contribution in [3.63, 3.8) is 0 Å². The second-order valence-corrected chi connectivity index (χ2v) is 5.01. The van der Waals surface area contributed by atoms with Crippen molar-refractivity contribution in [1.29, 1.82) is 5.26 Å². The van der Waals surface area contributed by atoms with E-state index in [4.69, 9.17) is 10.00 Å². The third-order valence-electron chi connectivity index (χ3n) is 3.49. The molecule has 96 valence electrons. The van der Waals surface area contributed by atoms with E-state index in [1.807, 2.05) is 12.1 Å². The minimum Gasteiger partial charge on any atom is -0.384 e. The molecular formula is C15H20N2O. The first-order chi connectivity index (χ1) is 8.81. The molecule has 1 aromatic carbocycles. The number of likely N-dealkylation sites (tertiary alicyclic amines) is 1. The van der Waals surface area contributed by atoms with Gasteiger partial charge in [-0.05, 0) is 43.0 Å². The van der Waals surface area contributed by atoms with E-state index in [9.17, 15) is 0 Å². The van der Waals surface area contributed by atoms with E-state index in [1.54, 1.807) is 7.11 Å². The minimum absolute atomic E-state index is 0.669. The first kappa shape index (κ1) is 13.1. The van der Waals surface area contributed by atoms with Crippen molar-refractivity contribution in [3.8, 4) is 6.07 Å². The van der Waals surface area contributed by atoms with Gasteiger partial charge in [0.05, 0.1) is 18.2 Å². The standard InChI is InChI=1S/C15H20N2O/c1-18-12-15-3-2-8-17(11-15)10-14-6-4-13(9-16)5-7-14/h4-7,15H,2-3,8,10-12H2,1H3. The smallest absolute Gasteiger partial charge is 0.0991 e. The monoisotopic (exact) mass is 244 g/mol. The van der Waals surface area contributed by atoms with Gasteiger partial charge in [0, 0.05) is 20.2 Å². The Balaban J connectivity index is 1.90. The summed E-state index contributed by atoms with van der Waals surface area (Å²) in [5.74, 6) is 0.669. The highest BCUT2D eigenvalue weighted by molar-refractivity contribution is 5.31. The van der Waals surface area contributed by atoms with E-state index in [0.717, 1.165) is 25.3 Å². The lowest BCUT2D eigenvalue weighted by Gasteiger charge is -2.32. The van der Waals surface area contributed by atoms with Crippen molar-refractivity contribution in [1.82, 2.24) is 4.90 Å². The second kappa shape index (κ2) is 6.53. The lowest BCUT2D eigenvalue weighted by Crippen LogP contribution is -2.36. The highest BCUT2D eigenvalue weighted by Gasteiger charge is 2.19. The molecule has 0 bridgehead atoms. The summed E-state index contributed by atoms with van der Waals surface area (Å²) in [5, 5.41) is 8.77. The normalized spacial score (nSPS) is 20.6. The molecule has 1 unspecified atom stereocenters. The van der Waals surface area contributed by atoms with Crippen molar-refractivity contribution in [2.75, 3.05) is 26.8 Å². The Morgan fingerprint density at radius 3 is 2.83 bits per heavy atom. The number of methoxy groups -OCH3 is 1. The third kappa shape index (κ3) is 3.56. The molecule has 3 nitrogen and oxygen atoms in total. The zero-order valence-corrected chi connectivity index (χ0v) is 10.9. The van der Waals surface area contributed by atoms with Crippen LogP contribution in [0.5, 0.6) is 0 Å². The van der Waals surface area contributed by atoms with Crippen LogP contribution in [0.2, 0.25) is 0 Å². The van der Waals surface area contributed by atoms with Gasteiger partial charge in [-0.2, -0.15) is 5.26 Å². The average Bonchev–Trinajstić information content (AvgIpc) is 2.40. The quantitative estimate of drug-likeness (QED) is 0.816. The van der Waals surface area contributed by atoms with Gasteiger partial charge in [-0.1, -0.05) is 12.1 Å². The Labute approximate surface area is 109 Å². The van der Waals surface area contributed by atoms with Crippen LogP contribution in [0.15, 0.2) is 24.3 Å². The number of rotatable bonds is 4. The molecule has 18 heavy (non-hydrogen) atoms. The molecule has 0 amide bonds. The Morgan fingerprint density at radius 2 is 2.17 bits per heavy atom. The fraction of sp³-hybridized carbons (Fsp3) is 0.533. The number of nitriles is 1. The summed E-state index contributed by atoms with van der Waals surface area (Å²) in [6.07, 6.45) is 2.53. The first-order valence-corrected chi connectivity index (χ1v) is 6.52. The van der Waals surface area contributed by atoms with Crippen LogP contribution in [0, 0.1) is 17.2 Å². The molecule has 2 rings (SSSR count). The molecule has 1 fully saturated rings. The van der Waals surface area contributed by atoms with Gasteiger partial charge in [0.15, 0.2) is 0 Å². The van der Waals surface area contributed by atoms with E-state index in [1.165, 1.54) is 24.9 Å². The van der Waals surface area contributed by atoms with Crippen LogP contribution in [0.1, 0.15) is 24.0 Å². The van der Waals surface area contributed by atoms with Gasteiger partial charge in [0.1, 0.15) is 0 Å². The van der Waals surface area contributed by atoms with Crippen LogP contribution >= 0.6 is 0 Å². The summed E-state index contributed by atoms with van der Waals surface area (Å²) in [6, 6.07) is 10.0. The van der Waals surface area contributed by atoms with Gasteiger partial charge < -0.3 is 4.74 Å². The predicted octanol–water partition coefficient (Wildman–Crippen LogP) is 2.42. The lowest BCUT2D eigenvalue weighted by molar-refractivity contribution is 0.0874. The molecule has 3 heteroatoms. The summed E-state index contributed by atoms with van der Waals surface area (Å²) in [6.45, 7) is 4.13. The van der Waals surface area contributed by atoms with Crippen LogP contribution in [0.4, 0.5) is 0 Å². The Kier molecular flexibility index (Phi) is 4.74. The van der Waals surface area contributed by atoms with Crippen molar-refractivity contribution in [3.05, 3.63) is 35.4 Å².